The van der Waals surface area contributed by atoms with E-state index in [0.717, 1.165) is 22.4 Å². The van der Waals surface area contributed by atoms with Crippen molar-refractivity contribution in [3.63, 3.8) is 0 Å². The molecule has 5 nitrogen and oxygen atoms in total. The van der Waals surface area contributed by atoms with E-state index < -0.39 is 0 Å². The summed E-state index contributed by atoms with van der Waals surface area (Å²) in [4.78, 5) is 29.5. The summed E-state index contributed by atoms with van der Waals surface area (Å²) >= 11 is 0. The highest BCUT2D eigenvalue weighted by molar-refractivity contribution is 5.91. The van der Waals surface area contributed by atoms with Gasteiger partial charge in [-0.1, -0.05) is 36.4 Å². The van der Waals surface area contributed by atoms with E-state index in [0.29, 0.717) is 11.5 Å². The maximum absolute atomic E-state index is 12.5. The summed E-state index contributed by atoms with van der Waals surface area (Å²) < 4.78 is 1.40. The zero-order valence-corrected chi connectivity index (χ0v) is 15.1. The topological polar surface area (TPSA) is 64.0 Å². The SMILES string of the molecule is Cc1cc(C)cc(NC(=O)Cn2c(-c3ccccc3)nc(C)cc2=O)c1. The Morgan fingerprint density at radius 2 is 1.65 bits per heavy atom. The van der Waals surface area contributed by atoms with Crippen LogP contribution in [0.3, 0.4) is 0 Å². The predicted molar refractivity (Wildman–Crippen MR) is 103 cm³/mol. The molecule has 5 heteroatoms. The van der Waals surface area contributed by atoms with Gasteiger partial charge in [0, 0.05) is 23.0 Å². The molecule has 0 fully saturated rings. The summed E-state index contributed by atoms with van der Waals surface area (Å²) in [5.41, 5.74) is 4.04. The first kappa shape index (κ1) is 17.6. The molecule has 0 aliphatic rings. The van der Waals surface area contributed by atoms with Crippen molar-refractivity contribution in [2.75, 3.05) is 5.32 Å². The molecule has 3 rings (SSSR count). The van der Waals surface area contributed by atoms with E-state index in [1.165, 1.54) is 10.6 Å². The van der Waals surface area contributed by atoms with Crippen LogP contribution in [0, 0.1) is 20.8 Å². The van der Waals surface area contributed by atoms with Crippen LogP contribution in [0.1, 0.15) is 16.8 Å². The smallest absolute Gasteiger partial charge is 0.254 e. The van der Waals surface area contributed by atoms with Gasteiger partial charge < -0.3 is 5.32 Å². The van der Waals surface area contributed by atoms with Crippen LogP contribution in [-0.2, 0) is 11.3 Å². The van der Waals surface area contributed by atoms with Crippen molar-refractivity contribution in [3.05, 3.63) is 81.8 Å². The number of amides is 1. The largest absolute Gasteiger partial charge is 0.325 e. The molecule has 132 valence electrons. The number of aromatic nitrogens is 2. The average molecular weight is 347 g/mol. The van der Waals surface area contributed by atoms with Crippen molar-refractivity contribution in [3.8, 4) is 11.4 Å². The predicted octanol–water partition coefficient (Wildman–Crippen LogP) is 3.47. The van der Waals surface area contributed by atoms with Gasteiger partial charge in [-0.25, -0.2) is 4.98 Å². The molecular weight excluding hydrogens is 326 g/mol. The van der Waals surface area contributed by atoms with Gasteiger partial charge in [-0.2, -0.15) is 0 Å². The van der Waals surface area contributed by atoms with E-state index >= 15 is 0 Å². The monoisotopic (exact) mass is 347 g/mol. The van der Waals surface area contributed by atoms with Gasteiger partial charge in [0.25, 0.3) is 5.56 Å². The average Bonchev–Trinajstić information content (AvgIpc) is 2.57. The quantitative estimate of drug-likeness (QED) is 0.786. The molecule has 0 bridgehead atoms. The molecule has 0 atom stereocenters. The molecule has 1 aromatic heterocycles. The minimum Gasteiger partial charge on any atom is -0.325 e. The van der Waals surface area contributed by atoms with E-state index in [1.807, 2.05) is 62.4 Å². The number of benzene rings is 2. The van der Waals surface area contributed by atoms with Crippen molar-refractivity contribution in [1.29, 1.82) is 0 Å². The van der Waals surface area contributed by atoms with E-state index in [9.17, 15) is 9.59 Å². The Bertz CT molecular complexity index is 987. The maximum Gasteiger partial charge on any atom is 0.254 e. The summed E-state index contributed by atoms with van der Waals surface area (Å²) in [5.74, 6) is 0.228. The number of hydrogen-bond donors (Lipinski definition) is 1. The molecule has 0 spiro atoms. The first-order chi connectivity index (χ1) is 12.4. The minimum atomic E-state index is -0.264. The lowest BCUT2D eigenvalue weighted by Crippen LogP contribution is -2.29. The minimum absolute atomic E-state index is 0.0939. The van der Waals surface area contributed by atoms with Crippen LogP contribution < -0.4 is 10.9 Å². The molecule has 0 saturated heterocycles. The van der Waals surface area contributed by atoms with Crippen LogP contribution in [0.2, 0.25) is 0 Å². The van der Waals surface area contributed by atoms with Crippen molar-refractivity contribution in [2.24, 2.45) is 0 Å². The fraction of sp³-hybridized carbons (Fsp3) is 0.190. The molecule has 0 unspecified atom stereocenters. The summed E-state index contributed by atoms with van der Waals surface area (Å²) in [6, 6.07) is 16.7. The first-order valence-corrected chi connectivity index (χ1v) is 8.44. The van der Waals surface area contributed by atoms with Gasteiger partial charge in [0.05, 0.1) is 0 Å². The van der Waals surface area contributed by atoms with Crippen molar-refractivity contribution < 1.29 is 4.79 Å². The van der Waals surface area contributed by atoms with Crippen molar-refractivity contribution in [1.82, 2.24) is 9.55 Å². The van der Waals surface area contributed by atoms with E-state index in [1.54, 1.807) is 6.92 Å². The number of anilines is 1. The summed E-state index contributed by atoms with van der Waals surface area (Å²) in [7, 11) is 0. The summed E-state index contributed by atoms with van der Waals surface area (Å²) in [6.07, 6.45) is 0. The number of nitrogens with zero attached hydrogens (tertiary/aromatic N) is 2. The van der Waals surface area contributed by atoms with Gasteiger partial charge in [0.2, 0.25) is 5.91 Å². The maximum atomic E-state index is 12.5. The lowest BCUT2D eigenvalue weighted by atomic mass is 10.1. The van der Waals surface area contributed by atoms with E-state index in [4.69, 9.17) is 0 Å². The van der Waals surface area contributed by atoms with Crippen LogP contribution in [0.15, 0.2) is 59.4 Å². The van der Waals surface area contributed by atoms with Gasteiger partial charge in [-0.05, 0) is 44.0 Å². The highest BCUT2D eigenvalue weighted by Gasteiger charge is 2.13. The van der Waals surface area contributed by atoms with Crippen LogP contribution in [0.5, 0.6) is 0 Å². The molecule has 0 radical (unpaired) electrons. The lowest BCUT2D eigenvalue weighted by molar-refractivity contribution is -0.116. The molecule has 1 heterocycles. The Morgan fingerprint density at radius 1 is 1.00 bits per heavy atom. The van der Waals surface area contributed by atoms with Crippen molar-refractivity contribution >= 4 is 11.6 Å². The molecule has 1 N–H and O–H groups in total. The molecule has 26 heavy (non-hydrogen) atoms. The first-order valence-electron chi connectivity index (χ1n) is 8.44. The molecule has 3 aromatic rings. The second-order valence-electron chi connectivity index (χ2n) is 6.44. The standard InChI is InChI=1S/C21H21N3O2/c1-14-9-15(2)11-18(10-14)23-19(25)13-24-20(26)12-16(3)22-21(24)17-7-5-4-6-8-17/h4-12H,13H2,1-3H3,(H,23,25). The summed E-state index contributed by atoms with van der Waals surface area (Å²) in [6.45, 7) is 5.63. The Labute approximate surface area is 152 Å². The number of carbonyl (C=O) groups is 1. The Hall–Kier alpha value is -3.21. The number of aryl methyl sites for hydroxylation is 3. The van der Waals surface area contributed by atoms with E-state index in [-0.39, 0.29) is 18.0 Å². The highest BCUT2D eigenvalue weighted by Crippen LogP contribution is 2.17. The molecule has 2 aromatic carbocycles. The molecule has 0 aliphatic heterocycles. The fourth-order valence-corrected chi connectivity index (χ4v) is 2.97. The Balaban J connectivity index is 1.92. The molecule has 0 saturated carbocycles. The van der Waals surface area contributed by atoms with Crippen LogP contribution in [0.25, 0.3) is 11.4 Å². The number of rotatable bonds is 4. The number of carbonyl (C=O) groups excluding carboxylic acids is 1. The zero-order chi connectivity index (χ0) is 18.7. The van der Waals surface area contributed by atoms with Gasteiger partial charge in [0.15, 0.2) is 0 Å². The number of nitrogens with one attached hydrogen (secondary N) is 1. The lowest BCUT2D eigenvalue weighted by Gasteiger charge is -2.13. The molecule has 0 aliphatic carbocycles. The highest BCUT2D eigenvalue weighted by atomic mass is 16.2. The van der Waals surface area contributed by atoms with Crippen molar-refractivity contribution in [2.45, 2.75) is 27.3 Å². The third-order valence-electron chi connectivity index (χ3n) is 3.98. The fourth-order valence-electron chi connectivity index (χ4n) is 2.97. The Kier molecular flexibility index (Phi) is 4.98. The Morgan fingerprint density at radius 3 is 2.31 bits per heavy atom. The van der Waals surface area contributed by atoms with Crippen LogP contribution in [0.4, 0.5) is 5.69 Å². The van der Waals surface area contributed by atoms with Gasteiger partial charge in [-0.3, -0.25) is 14.2 Å². The third kappa shape index (κ3) is 4.06. The number of hydrogen-bond acceptors (Lipinski definition) is 3. The van der Waals surface area contributed by atoms with Gasteiger partial charge in [-0.15, -0.1) is 0 Å². The second kappa shape index (κ2) is 7.35. The van der Waals surface area contributed by atoms with Crippen LogP contribution in [-0.4, -0.2) is 15.5 Å². The van der Waals surface area contributed by atoms with Crippen LogP contribution >= 0.6 is 0 Å². The molecular formula is C21H21N3O2. The van der Waals surface area contributed by atoms with Gasteiger partial charge in [0.1, 0.15) is 12.4 Å². The van der Waals surface area contributed by atoms with E-state index in [2.05, 4.69) is 10.3 Å². The molecule has 1 amide bonds. The normalized spacial score (nSPS) is 10.6. The van der Waals surface area contributed by atoms with Gasteiger partial charge >= 0.3 is 0 Å². The third-order valence-corrected chi connectivity index (χ3v) is 3.98. The summed E-state index contributed by atoms with van der Waals surface area (Å²) in [5, 5.41) is 2.87. The second-order valence-corrected chi connectivity index (χ2v) is 6.44. The zero-order valence-electron chi connectivity index (χ0n) is 15.1.